The van der Waals surface area contributed by atoms with E-state index < -0.39 is 0 Å². The fraction of sp³-hybridized carbons (Fsp3) is 0.529. The minimum atomic E-state index is 0.729. The molecule has 0 bridgehead atoms. The van der Waals surface area contributed by atoms with Crippen LogP contribution in [0.15, 0.2) is 30.0 Å². The van der Waals surface area contributed by atoms with Crippen molar-refractivity contribution in [3.63, 3.8) is 0 Å². The van der Waals surface area contributed by atoms with E-state index in [1.54, 1.807) is 5.57 Å². The van der Waals surface area contributed by atoms with Gasteiger partial charge in [0, 0.05) is 17.2 Å². The van der Waals surface area contributed by atoms with E-state index >= 15 is 0 Å². The quantitative estimate of drug-likeness (QED) is 0.655. The van der Waals surface area contributed by atoms with Crippen molar-refractivity contribution in [2.45, 2.75) is 51.9 Å². The van der Waals surface area contributed by atoms with Crippen LogP contribution in [0, 0.1) is 5.92 Å². The summed E-state index contributed by atoms with van der Waals surface area (Å²) in [6, 6.07) is 8.66. The number of hydrogen-bond donors (Lipinski definition) is 0. The summed E-state index contributed by atoms with van der Waals surface area (Å²) in [4.78, 5) is 0. The lowest BCUT2D eigenvalue weighted by molar-refractivity contribution is 0.448. The Labute approximate surface area is 110 Å². The fourth-order valence-electron chi connectivity index (χ4n) is 3.35. The molecule has 3 rings (SSSR count). The highest BCUT2D eigenvalue weighted by Crippen LogP contribution is 2.45. The van der Waals surface area contributed by atoms with Gasteiger partial charge in [0.15, 0.2) is 0 Å². The number of hydrogen-bond acceptors (Lipinski definition) is 0. The van der Waals surface area contributed by atoms with Gasteiger partial charge in [0.05, 0.1) is 5.69 Å². The predicted octanol–water partition coefficient (Wildman–Crippen LogP) is 5.03. The molecule has 1 atom stereocenters. The molecule has 0 saturated carbocycles. The molecule has 1 aromatic rings. The minimum Gasteiger partial charge on any atom is -0.252 e. The van der Waals surface area contributed by atoms with Crippen LogP contribution in [0.25, 0.3) is 5.57 Å². The van der Waals surface area contributed by atoms with E-state index in [4.69, 9.17) is 5.32 Å². The van der Waals surface area contributed by atoms with Crippen LogP contribution < -0.4 is 5.32 Å². The summed E-state index contributed by atoms with van der Waals surface area (Å²) in [7, 11) is 0. The van der Waals surface area contributed by atoms with E-state index in [9.17, 15) is 0 Å². The molecule has 0 spiro atoms. The van der Waals surface area contributed by atoms with E-state index in [2.05, 4.69) is 31.2 Å². The van der Waals surface area contributed by atoms with Crippen molar-refractivity contribution in [1.82, 2.24) is 5.32 Å². The van der Waals surface area contributed by atoms with Crippen LogP contribution in [0.2, 0.25) is 0 Å². The molecule has 0 aromatic heterocycles. The number of rotatable bonds is 4. The third kappa shape index (κ3) is 2.07. The Morgan fingerprint density at radius 3 is 3.00 bits per heavy atom. The van der Waals surface area contributed by atoms with E-state index in [1.165, 1.54) is 61.9 Å². The average molecular weight is 240 g/mol. The van der Waals surface area contributed by atoms with Gasteiger partial charge in [-0.25, -0.2) is 0 Å². The lowest BCUT2D eigenvalue weighted by atomic mass is 9.83. The Morgan fingerprint density at radius 2 is 2.11 bits per heavy atom. The molecule has 0 N–H and O–H groups in total. The highest BCUT2D eigenvalue weighted by atomic mass is 14.9. The van der Waals surface area contributed by atoms with Crippen molar-refractivity contribution in [2.24, 2.45) is 5.92 Å². The number of fused-ring (bicyclic) bond motifs is 2. The van der Waals surface area contributed by atoms with Crippen molar-refractivity contribution in [3.8, 4) is 0 Å². The van der Waals surface area contributed by atoms with Crippen LogP contribution in [-0.4, -0.2) is 0 Å². The second-order valence-electron chi connectivity index (χ2n) is 5.58. The number of nitrogens with zero attached hydrogens (tertiary/aromatic N) is 1. The number of para-hydroxylation sites is 1. The van der Waals surface area contributed by atoms with Gasteiger partial charge in [-0.2, -0.15) is 0 Å². The van der Waals surface area contributed by atoms with E-state index in [-0.39, 0.29) is 0 Å². The van der Waals surface area contributed by atoms with E-state index in [1.807, 2.05) is 0 Å². The molecule has 0 saturated heterocycles. The molecule has 2 aliphatic rings. The third-order valence-electron chi connectivity index (χ3n) is 4.30. The second kappa shape index (κ2) is 5.17. The van der Waals surface area contributed by atoms with Crippen LogP contribution in [0.4, 0.5) is 5.69 Å². The molecule has 1 nitrogen and oxygen atoms in total. The van der Waals surface area contributed by atoms with Crippen molar-refractivity contribution < 1.29 is 0 Å². The smallest absolute Gasteiger partial charge is 0.0708 e. The van der Waals surface area contributed by atoms with Crippen LogP contribution in [0.1, 0.15) is 57.4 Å². The van der Waals surface area contributed by atoms with Gasteiger partial charge >= 0.3 is 0 Å². The summed E-state index contributed by atoms with van der Waals surface area (Å²) in [5, 5.41) is 4.91. The number of benzene rings is 1. The van der Waals surface area contributed by atoms with Gasteiger partial charge in [-0.05, 0) is 37.3 Å². The first kappa shape index (κ1) is 11.8. The maximum Gasteiger partial charge on any atom is 0.0708 e. The van der Waals surface area contributed by atoms with Crippen LogP contribution in [-0.2, 0) is 0 Å². The Hall–Kier alpha value is -1.24. The molecule has 0 fully saturated rings. The lowest BCUT2D eigenvalue weighted by Crippen LogP contribution is -2.13. The monoisotopic (exact) mass is 240 g/mol. The average Bonchev–Trinajstić information content (AvgIpc) is 2.79. The molecule has 0 amide bonds. The van der Waals surface area contributed by atoms with Crippen molar-refractivity contribution in [2.75, 3.05) is 0 Å². The Kier molecular flexibility index (Phi) is 3.40. The van der Waals surface area contributed by atoms with Gasteiger partial charge in [0.1, 0.15) is 0 Å². The summed E-state index contributed by atoms with van der Waals surface area (Å²) >= 11 is 0. The zero-order chi connectivity index (χ0) is 12.4. The SMILES string of the molecule is CCCCCC1CCCC2=C1[N]c1ccccc12. The summed E-state index contributed by atoms with van der Waals surface area (Å²) in [5.74, 6) is 0.729. The molecular formula is C17H22N. The maximum atomic E-state index is 4.91. The zero-order valence-electron chi connectivity index (χ0n) is 11.3. The lowest BCUT2D eigenvalue weighted by Gasteiger charge is -2.23. The minimum absolute atomic E-state index is 0.729. The van der Waals surface area contributed by atoms with Crippen molar-refractivity contribution in [1.29, 1.82) is 0 Å². The Balaban J connectivity index is 1.79. The summed E-state index contributed by atoms with van der Waals surface area (Å²) in [6.45, 7) is 2.28. The fourth-order valence-corrected chi connectivity index (χ4v) is 3.35. The molecule has 1 unspecified atom stereocenters. The summed E-state index contributed by atoms with van der Waals surface area (Å²) in [6.07, 6.45) is 9.32. The van der Waals surface area contributed by atoms with Crippen LogP contribution in [0.5, 0.6) is 0 Å². The number of allylic oxidation sites excluding steroid dienone is 2. The Bertz CT molecular complexity index is 458. The largest absolute Gasteiger partial charge is 0.252 e. The first-order valence-electron chi connectivity index (χ1n) is 7.44. The van der Waals surface area contributed by atoms with Gasteiger partial charge in [-0.1, -0.05) is 44.4 Å². The van der Waals surface area contributed by atoms with Gasteiger partial charge in [0.25, 0.3) is 0 Å². The first-order chi connectivity index (χ1) is 8.90. The van der Waals surface area contributed by atoms with Crippen molar-refractivity contribution >= 4 is 11.3 Å². The molecule has 95 valence electrons. The van der Waals surface area contributed by atoms with Crippen molar-refractivity contribution in [3.05, 3.63) is 35.5 Å². The van der Waals surface area contributed by atoms with Gasteiger partial charge in [-0.15, -0.1) is 0 Å². The molecule has 1 heterocycles. The van der Waals surface area contributed by atoms with E-state index in [0.717, 1.165) is 5.92 Å². The number of unbranched alkanes of at least 4 members (excludes halogenated alkanes) is 2. The molecule has 1 aliphatic carbocycles. The molecular weight excluding hydrogens is 218 g/mol. The Morgan fingerprint density at radius 1 is 1.22 bits per heavy atom. The first-order valence-corrected chi connectivity index (χ1v) is 7.44. The highest BCUT2D eigenvalue weighted by Gasteiger charge is 2.30. The highest BCUT2D eigenvalue weighted by molar-refractivity contribution is 5.82. The standard InChI is InChI=1S/C17H22N/c1-2-3-4-8-13-9-7-11-15-14-10-5-6-12-16(14)18-17(13)15/h5-6,10,12-13H,2-4,7-9,11H2,1H3. The van der Waals surface area contributed by atoms with Crippen LogP contribution >= 0.6 is 0 Å². The second-order valence-corrected chi connectivity index (χ2v) is 5.58. The predicted molar refractivity (Wildman–Crippen MR) is 76.6 cm³/mol. The molecule has 1 heteroatoms. The molecule has 1 radical (unpaired) electrons. The van der Waals surface area contributed by atoms with Gasteiger partial charge in [-0.3, -0.25) is 5.32 Å². The topological polar surface area (TPSA) is 14.1 Å². The summed E-state index contributed by atoms with van der Waals surface area (Å²) < 4.78 is 0. The van der Waals surface area contributed by atoms with Crippen LogP contribution in [0.3, 0.4) is 0 Å². The summed E-state index contributed by atoms with van der Waals surface area (Å²) in [5.41, 5.74) is 5.61. The molecule has 18 heavy (non-hydrogen) atoms. The molecule has 1 aliphatic heterocycles. The normalized spacial score (nSPS) is 21.5. The maximum absolute atomic E-state index is 4.91. The van der Waals surface area contributed by atoms with Gasteiger partial charge < -0.3 is 0 Å². The van der Waals surface area contributed by atoms with Gasteiger partial charge in [0.2, 0.25) is 0 Å². The van der Waals surface area contributed by atoms with E-state index in [0.29, 0.717) is 0 Å². The zero-order valence-corrected chi connectivity index (χ0v) is 11.3. The third-order valence-corrected chi connectivity index (χ3v) is 4.30. The molecule has 1 aromatic carbocycles.